The topological polar surface area (TPSA) is 0 Å². The van der Waals surface area contributed by atoms with E-state index in [9.17, 15) is 0 Å². The van der Waals surface area contributed by atoms with Gasteiger partial charge in [0, 0.05) is 139 Å². The van der Waals surface area contributed by atoms with Gasteiger partial charge in [-0.1, -0.05) is 0 Å². The summed E-state index contributed by atoms with van der Waals surface area (Å²) < 4.78 is 0. The van der Waals surface area contributed by atoms with Crippen LogP contribution in [0.15, 0.2) is 0 Å². The maximum atomic E-state index is 0. The van der Waals surface area contributed by atoms with Crippen molar-refractivity contribution in [3.63, 3.8) is 0 Å². The molecule has 0 saturated carbocycles. The van der Waals surface area contributed by atoms with Crippen LogP contribution >= 0.6 is 0 Å². The smallest absolute Gasteiger partial charge is 0 e. The van der Waals surface area contributed by atoms with E-state index in [1.54, 1.807) is 0 Å². The van der Waals surface area contributed by atoms with Crippen LogP contribution in [0.1, 0.15) is 0 Å². The molecule has 0 heterocycles. The van der Waals surface area contributed by atoms with Crippen LogP contribution in [0.2, 0.25) is 0 Å². The molecular weight excluding hydrogens is 804 g/mol. The molecule has 0 spiro atoms. The maximum absolute atomic E-state index is 0. The zero-order chi connectivity index (χ0) is 0. The Morgan fingerprint density at radius 2 is 0.833 bits per heavy atom. The van der Waals surface area contributed by atoms with Gasteiger partial charge < -0.3 is 0 Å². The van der Waals surface area contributed by atoms with Crippen molar-refractivity contribution >= 4 is 17.6 Å². The molecular formula is H4Au2CeCoGeLa. The molecule has 0 nitrogen and oxygen atoms in total. The summed E-state index contributed by atoms with van der Waals surface area (Å²) in [4.78, 5) is 0. The fraction of sp³-hybridized carbons (Fsp3) is 0. The van der Waals surface area contributed by atoms with Crippen molar-refractivity contribution in [2.24, 2.45) is 0 Å². The van der Waals surface area contributed by atoms with E-state index in [1.165, 1.54) is 0 Å². The first kappa shape index (κ1) is 43.5. The van der Waals surface area contributed by atoms with Gasteiger partial charge in [0.05, 0.1) is 0 Å². The van der Waals surface area contributed by atoms with Crippen molar-refractivity contribution in [3.05, 3.63) is 0 Å². The summed E-state index contributed by atoms with van der Waals surface area (Å²) in [6, 6.07) is 0. The predicted octanol–water partition coefficient (Wildman–Crippen LogP) is -1.46. The molecule has 0 aliphatic carbocycles. The minimum absolute atomic E-state index is 0. The average molecular weight is 809 g/mol. The van der Waals surface area contributed by atoms with Gasteiger partial charge in [-0.05, 0) is 0 Å². The molecule has 0 aliphatic heterocycles. The molecule has 0 aliphatic rings. The molecule has 0 aromatic heterocycles. The molecule has 0 aromatic rings. The molecule has 6 heavy (non-hydrogen) atoms. The molecule has 0 saturated heterocycles. The Bertz CT molecular complexity index is 13.5. The van der Waals surface area contributed by atoms with Crippen molar-refractivity contribution in [1.29, 1.82) is 0 Å². The molecule has 0 N–H and O–H groups in total. The molecule has 0 amide bonds. The van der Waals surface area contributed by atoms with Gasteiger partial charge in [0.15, 0.2) is 0 Å². The van der Waals surface area contributed by atoms with E-state index in [4.69, 9.17) is 0 Å². The second kappa shape index (κ2) is 32.2. The largest absolute Gasteiger partial charge is 0 e. The zero-order valence-corrected chi connectivity index (χ0v) is 14.2. The van der Waals surface area contributed by atoms with E-state index in [0.717, 1.165) is 0 Å². The van der Waals surface area contributed by atoms with E-state index in [1.807, 2.05) is 0 Å². The van der Waals surface area contributed by atoms with Gasteiger partial charge in [0.1, 0.15) is 0 Å². The third-order valence-electron chi connectivity index (χ3n) is 0. The first-order chi connectivity index (χ1) is 0. The Hall–Kier alpha value is 5.10. The second-order valence-electron chi connectivity index (χ2n) is 0. The summed E-state index contributed by atoms with van der Waals surface area (Å²) in [5.74, 6) is 0. The van der Waals surface area contributed by atoms with Crippen LogP contribution in [-0.2, 0) is 61.5 Å². The van der Waals surface area contributed by atoms with Crippen molar-refractivity contribution in [2.45, 2.75) is 0 Å². The molecule has 0 fully saturated rings. The van der Waals surface area contributed by atoms with Crippen molar-refractivity contribution in [3.8, 4) is 0 Å². The third kappa shape index (κ3) is 23.0. The summed E-state index contributed by atoms with van der Waals surface area (Å²) in [6.45, 7) is 0. The van der Waals surface area contributed by atoms with E-state index < -0.39 is 0 Å². The number of rotatable bonds is 0. The van der Waals surface area contributed by atoms with Crippen LogP contribution < -0.4 is 0 Å². The standard InChI is InChI=1S/2Au.Ce.Co.GeH4.La/h;;;;1H4;. The Labute approximate surface area is 152 Å². The number of hydrogen-bond donors (Lipinski definition) is 0. The fourth-order valence-electron chi connectivity index (χ4n) is 0. The van der Waals surface area contributed by atoms with Crippen molar-refractivity contribution < 1.29 is 139 Å². The minimum Gasteiger partial charge on any atom is 0 e. The van der Waals surface area contributed by atoms with Crippen LogP contribution in [0.4, 0.5) is 0 Å². The quantitative estimate of drug-likeness (QED) is 0.263. The maximum Gasteiger partial charge on any atom is 0 e. The van der Waals surface area contributed by atoms with Gasteiger partial charge in [-0.25, -0.2) is 0 Å². The second-order valence-corrected chi connectivity index (χ2v) is 0. The SMILES string of the molecule is [Au].[Au].[Ce].[Co].[GeH4].[La]. The molecule has 6 heteroatoms. The van der Waals surface area contributed by atoms with Crippen LogP contribution in [0.25, 0.3) is 0 Å². The monoisotopic (exact) mass is 810 g/mol. The van der Waals surface area contributed by atoms with E-state index in [2.05, 4.69) is 0 Å². The Balaban J connectivity index is 0. The third-order valence-corrected chi connectivity index (χ3v) is 0. The Kier molecular flexibility index (Phi) is 233. The minimum atomic E-state index is 0. The van der Waals surface area contributed by atoms with Crippen LogP contribution in [0.5, 0.6) is 0 Å². The van der Waals surface area contributed by atoms with Gasteiger partial charge in [0.25, 0.3) is 0 Å². The molecule has 0 bridgehead atoms. The molecule has 46 valence electrons. The van der Waals surface area contributed by atoms with Gasteiger partial charge in [0.2, 0.25) is 0 Å². The Morgan fingerprint density at radius 1 is 0.833 bits per heavy atom. The van der Waals surface area contributed by atoms with Gasteiger partial charge in [-0.3, -0.25) is 0 Å². The summed E-state index contributed by atoms with van der Waals surface area (Å²) >= 11 is 0. The molecule has 0 atom stereocenters. The van der Waals surface area contributed by atoms with Crippen molar-refractivity contribution in [2.75, 3.05) is 0 Å². The molecule has 0 aromatic carbocycles. The van der Waals surface area contributed by atoms with E-state index in [0.29, 0.717) is 0 Å². The summed E-state index contributed by atoms with van der Waals surface area (Å²) in [5.41, 5.74) is 0. The van der Waals surface area contributed by atoms with Crippen molar-refractivity contribution in [1.82, 2.24) is 0 Å². The fourth-order valence-corrected chi connectivity index (χ4v) is 0. The number of hydrogen-bond acceptors (Lipinski definition) is 0. The first-order valence-corrected chi connectivity index (χ1v) is 0. The van der Waals surface area contributed by atoms with Gasteiger partial charge in [-0.15, -0.1) is 0 Å². The van der Waals surface area contributed by atoms with Gasteiger partial charge in [-0.2, -0.15) is 0 Å². The first-order valence-electron chi connectivity index (χ1n) is 0. The van der Waals surface area contributed by atoms with Crippen LogP contribution in [0, 0.1) is 77.3 Å². The normalized spacial score (nSPS) is 0. The molecule has 4 radical (unpaired) electrons. The zero-order valence-electron chi connectivity index (χ0n) is 2.01. The molecule has 0 unspecified atom stereocenters. The molecule has 0 rings (SSSR count). The van der Waals surface area contributed by atoms with Crippen LogP contribution in [0.3, 0.4) is 0 Å². The predicted molar refractivity (Wildman–Crippen MR) is 11.3 cm³/mol. The summed E-state index contributed by atoms with van der Waals surface area (Å²) in [5, 5.41) is 0. The summed E-state index contributed by atoms with van der Waals surface area (Å²) in [6.07, 6.45) is 0. The van der Waals surface area contributed by atoms with E-state index >= 15 is 0 Å². The Morgan fingerprint density at radius 3 is 0.833 bits per heavy atom. The average Bonchev–Trinajstić information content (AvgIpc) is 0. The van der Waals surface area contributed by atoms with Crippen LogP contribution in [-0.4, -0.2) is 17.6 Å². The summed E-state index contributed by atoms with van der Waals surface area (Å²) in [7, 11) is 0. The van der Waals surface area contributed by atoms with Gasteiger partial charge >= 0.3 is 17.6 Å². The van der Waals surface area contributed by atoms with E-state index in [-0.39, 0.29) is 156 Å².